The largest absolute Gasteiger partial charge is 0.454 e. The Morgan fingerprint density at radius 1 is 1.13 bits per heavy atom. The second-order valence-corrected chi connectivity index (χ2v) is 7.55. The van der Waals surface area contributed by atoms with Gasteiger partial charge < -0.3 is 14.8 Å². The number of anilines is 1. The molecule has 152 valence electrons. The monoisotopic (exact) mass is 403 g/mol. The van der Waals surface area contributed by atoms with Crippen molar-refractivity contribution in [1.82, 2.24) is 5.32 Å². The number of carbonyl (C=O) groups excluding carboxylic acids is 2. The first kappa shape index (κ1) is 18.4. The predicted molar refractivity (Wildman–Crippen MR) is 113 cm³/mol. The first-order chi connectivity index (χ1) is 14.6. The number of nitrogens with zero attached hydrogens (tertiary/aromatic N) is 2. The van der Waals surface area contributed by atoms with E-state index >= 15 is 0 Å². The van der Waals surface area contributed by atoms with E-state index in [0.717, 1.165) is 41.1 Å². The van der Waals surface area contributed by atoms with Crippen molar-refractivity contribution in [2.24, 2.45) is 5.10 Å². The molecule has 7 nitrogen and oxygen atoms in total. The Morgan fingerprint density at radius 2 is 1.97 bits per heavy atom. The van der Waals surface area contributed by atoms with Gasteiger partial charge >= 0.3 is 0 Å². The smallest absolute Gasteiger partial charge is 0.247 e. The van der Waals surface area contributed by atoms with Gasteiger partial charge in [0, 0.05) is 36.7 Å². The number of hydrogen-bond donors (Lipinski definition) is 1. The first-order valence-corrected chi connectivity index (χ1v) is 9.98. The van der Waals surface area contributed by atoms with Gasteiger partial charge in [0.2, 0.25) is 18.5 Å². The van der Waals surface area contributed by atoms with Gasteiger partial charge in [-0.3, -0.25) is 9.59 Å². The van der Waals surface area contributed by atoms with Gasteiger partial charge in [-0.05, 0) is 48.7 Å². The molecule has 5 rings (SSSR count). The van der Waals surface area contributed by atoms with Gasteiger partial charge in [0.05, 0.1) is 5.69 Å². The van der Waals surface area contributed by atoms with Crippen LogP contribution >= 0.6 is 0 Å². The number of ether oxygens (including phenoxy) is 2. The van der Waals surface area contributed by atoms with Gasteiger partial charge in [-0.1, -0.05) is 12.1 Å². The molecular formula is C23H21N3O4. The molecule has 3 aliphatic rings. The average Bonchev–Trinajstić information content (AvgIpc) is 3.20. The van der Waals surface area contributed by atoms with Crippen LogP contribution in [-0.4, -0.2) is 30.7 Å². The van der Waals surface area contributed by atoms with E-state index < -0.39 is 0 Å². The molecule has 30 heavy (non-hydrogen) atoms. The van der Waals surface area contributed by atoms with E-state index in [1.807, 2.05) is 43.3 Å². The number of hydrazone groups is 1. The summed E-state index contributed by atoms with van der Waals surface area (Å²) in [6.45, 7) is 2.89. The highest BCUT2D eigenvalue weighted by Gasteiger charge is 2.27. The lowest BCUT2D eigenvalue weighted by Gasteiger charge is -2.24. The van der Waals surface area contributed by atoms with E-state index in [4.69, 9.17) is 9.47 Å². The number of fused-ring (bicyclic) bond motifs is 2. The molecule has 0 aliphatic carbocycles. The molecule has 0 saturated heterocycles. The van der Waals surface area contributed by atoms with Gasteiger partial charge in [0.25, 0.3) is 0 Å². The Kier molecular flexibility index (Phi) is 4.50. The number of allylic oxidation sites excluding steroid dienone is 1. The average molecular weight is 403 g/mol. The van der Waals surface area contributed by atoms with Crippen LogP contribution in [-0.2, 0) is 16.0 Å². The molecule has 2 aromatic carbocycles. The SMILES string of the molecule is Cc1cccc(N2N=C(C(=O)C=C3NCCc4cc5c(cc43)OCO5)CCC2=O)c1. The van der Waals surface area contributed by atoms with Crippen molar-refractivity contribution in [3.05, 3.63) is 59.2 Å². The molecule has 7 heteroatoms. The molecule has 0 saturated carbocycles. The van der Waals surface area contributed by atoms with Crippen LogP contribution in [0.15, 0.2) is 47.6 Å². The highest BCUT2D eigenvalue weighted by Crippen LogP contribution is 2.38. The van der Waals surface area contributed by atoms with E-state index in [2.05, 4.69) is 10.4 Å². The number of carbonyl (C=O) groups is 2. The Balaban J connectivity index is 1.46. The van der Waals surface area contributed by atoms with Crippen LogP contribution in [0.5, 0.6) is 11.5 Å². The summed E-state index contributed by atoms with van der Waals surface area (Å²) in [4.78, 5) is 25.4. The second kappa shape index (κ2) is 7.33. The van der Waals surface area contributed by atoms with Crippen molar-refractivity contribution in [1.29, 1.82) is 0 Å². The fourth-order valence-corrected chi connectivity index (χ4v) is 3.90. The van der Waals surface area contributed by atoms with Gasteiger partial charge in [-0.2, -0.15) is 5.10 Å². The number of hydrogen-bond acceptors (Lipinski definition) is 6. The number of rotatable bonds is 3. The first-order valence-electron chi connectivity index (χ1n) is 9.98. The van der Waals surface area contributed by atoms with Crippen molar-refractivity contribution >= 4 is 28.8 Å². The molecule has 3 heterocycles. The molecule has 1 amide bonds. The van der Waals surface area contributed by atoms with Gasteiger partial charge in [-0.25, -0.2) is 5.01 Å². The number of aryl methyl sites for hydroxylation is 1. The maximum Gasteiger partial charge on any atom is 0.247 e. The number of amides is 1. The standard InChI is InChI=1S/C23H21N3O4/c1-14-3-2-4-16(9-14)26-23(28)6-5-18(25-26)20(27)12-19-17-11-22-21(29-13-30-22)10-15(17)7-8-24-19/h2-4,9-12,24H,5-8,13H2,1H3. The third-order valence-electron chi connectivity index (χ3n) is 5.44. The van der Waals surface area contributed by atoms with E-state index in [-0.39, 0.29) is 24.9 Å². The summed E-state index contributed by atoms with van der Waals surface area (Å²) in [7, 11) is 0. The molecule has 0 atom stereocenters. The van der Waals surface area contributed by atoms with Gasteiger partial charge in [0.1, 0.15) is 5.71 Å². The van der Waals surface area contributed by atoms with Crippen LogP contribution in [0.2, 0.25) is 0 Å². The number of ketones is 1. The number of benzene rings is 2. The van der Waals surface area contributed by atoms with Crippen LogP contribution in [0.25, 0.3) is 5.70 Å². The highest BCUT2D eigenvalue weighted by molar-refractivity contribution is 6.46. The van der Waals surface area contributed by atoms with E-state index in [1.165, 1.54) is 5.01 Å². The zero-order chi connectivity index (χ0) is 20.7. The molecule has 1 N–H and O–H groups in total. The lowest BCUT2D eigenvalue weighted by Crippen LogP contribution is -2.34. The summed E-state index contributed by atoms with van der Waals surface area (Å²) >= 11 is 0. The minimum Gasteiger partial charge on any atom is -0.454 e. The lowest BCUT2D eigenvalue weighted by atomic mass is 9.95. The molecule has 2 aromatic rings. The molecule has 0 radical (unpaired) electrons. The van der Waals surface area contributed by atoms with Crippen molar-refractivity contribution in [3.63, 3.8) is 0 Å². The molecule has 0 spiro atoms. The van der Waals surface area contributed by atoms with Gasteiger partial charge in [0.15, 0.2) is 11.5 Å². The fourth-order valence-electron chi connectivity index (χ4n) is 3.90. The molecule has 0 aromatic heterocycles. The highest BCUT2D eigenvalue weighted by atomic mass is 16.7. The maximum absolute atomic E-state index is 13.0. The summed E-state index contributed by atoms with van der Waals surface area (Å²) in [6, 6.07) is 11.4. The van der Waals surface area contributed by atoms with E-state index in [9.17, 15) is 9.59 Å². The Hall–Kier alpha value is -3.61. The summed E-state index contributed by atoms with van der Waals surface area (Å²) in [5.74, 6) is 1.11. The summed E-state index contributed by atoms with van der Waals surface area (Å²) in [5.41, 5.74) is 4.85. The Labute approximate surface area is 174 Å². The van der Waals surface area contributed by atoms with Crippen molar-refractivity contribution in [2.75, 3.05) is 18.3 Å². The topological polar surface area (TPSA) is 80.2 Å². The van der Waals surface area contributed by atoms with E-state index in [0.29, 0.717) is 23.6 Å². The molecule has 0 bridgehead atoms. The van der Waals surface area contributed by atoms with Crippen molar-refractivity contribution in [2.45, 2.75) is 26.2 Å². The number of nitrogens with one attached hydrogen (secondary N) is 1. The van der Waals surface area contributed by atoms with E-state index in [1.54, 1.807) is 6.08 Å². The second-order valence-electron chi connectivity index (χ2n) is 7.55. The van der Waals surface area contributed by atoms with Crippen LogP contribution in [0.1, 0.15) is 29.5 Å². The lowest BCUT2D eigenvalue weighted by molar-refractivity contribution is -0.118. The normalized spacial score (nSPS) is 18.7. The predicted octanol–water partition coefficient (Wildman–Crippen LogP) is 2.96. The third-order valence-corrected chi connectivity index (χ3v) is 5.44. The Bertz CT molecular complexity index is 1120. The minimum absolute atomic E-state index is 0.112. The molecular weight excluding hydrogens is 382 g/mol. The summed E-state index contributed by atoms with van der Waals surface area (Å²) in [5, 5.41) is 9.03. The van der Waals surface area contributed by atoms with Crippen LogP contribution in [0.3, 0.4) is 0 Å². The quantitative estimate of drug-likeness (QED) is 0.797. The molecule has 0 fully saturated rings. The fraction of sp³-hybridized carbons (Fsp3) is 0.261. The molecule has 3 aliphatic heterocycles. The Morgan fingerprint density at radius 3 is 2.80 bits per heavy atom. The third kappa shape index (κ3) is 3.32. The zero-order valence-electron chi connectivity index (χ0n) is 16.6. The minimum atomic E-state index is -0.201. The zero-order valence-corrected chi connectivity index (χ0v) is 16.6. The van der Waals surface area contributed by atoms with Gasteiger partial charge in [-0.15, -0.1) is 0 Å². The summed E-state index contributed by atoms with van der Waals surface area (Å²) in [6.07, 6.45) is 3.00. The molecule has 0 unspecified atom stereocenters. The van der Waals surface area contributed by atoms with Crippen LogP contribution in [0.4, 0.5) is 5.69 Å². The summed E-state index contributed by atoms with van der Waals surface area (Å²) < 4.78 is 11.0. The van der Waals surface area contributed by atoms with Crippen LogP contribution in [0, 0.1) is 6.92 Å². The van der Waals surface area contributed by atoms with Crippen molar-refractivity contribution < 1.29 is 19.1 Å². The maximum atomic E-state index is 13.0. The van der Waals surface area contributed by atoms with Crippen LogP contribution < -0.4 is 19.8 Å². The van der Waals surface area contributed by atoms with Crippen molar-refractivity contribution in [3.8, 4) is 11.5 Å².